The quantitative estimate of drug-likeness (QED) is 0.778. The van der Waals surface area contributed by atoms with Gasteiger partial charge in [-0.25, -0.2) is 0 Å². The van der Waals surface area contributed by atoms with Crippen molar-refractivity contribution in [2.24, 2.45) is 0 Å². The number of halogens is 1. The minimum atomic E-state index is -0.604. The second kappa shape index (κ2) is 8.77. The number of hydrogen-bond donors (Lipinski definition) is 1. The zero-order valence-corrected chi connectivity index (χ0v) is 15.8. The molecule has 0 radical (unpaired) electrons. The van der Waals surface area contributed by atoms with Crippen LogP contribution < -0.4 is 14.8 Å². The van der Waals surface area contributed by atoms with E-state index in [4.69, 9.17) is 21.1 Å². The van der Waals surface area contributed by atoms with E-state index in [1.807, 2.05) is 44.2 Å². The molecule has 5 heteroatoms. The van der Waals surface area contributed by atoms with Crippen LogP contribution >= 0.6 is 11.6 Å². The Bertz CT molecular complexity index is 715. The molecule has 1 amide bonds. The third-order valence-corrected chi connectivity index (χ3v) is 4.48. The topological polar surface area (TPSA) is 47.6 Å². The van der Waals surface area contributed by atoms with Crippen molar-refractivity contribution in [1.29, 1.82) is 0 Å². The van der Waals surface area contributed by atoms with Crippen LogP contribution in [0, 0.1) is 6.92 Å². The molecule has 2 rings (SSSR count). The molecule has 0 unspecified atom stereocenters. The van der Waals surface area contributed by atoms with Crippen molar-refractivity contribution in [1.82, 2.24) is 5.32 Å². The predicted molar refractivity (Wildman–Crippen MR) is 100 cm³/mol. The molecule has 0 aliphatic rings. The SMILES string of the molecule is CC[C@H](NC(=O)[C@@H](C)Oc1ccc(Cl)c(C)c1)c1ccc(OC)cc1. The van der Waals surface area contributed by atoms with Gasteiger partial charge in [0, 0.05) is 5.02 Å². The van der Waals surface area contributed by atoms with Crippen molar-refractivity contribution in [3.05, 3.63) is 58.6 Å². The number of benzene rings is 2. The van der Waals surface area contributed by atoms with E-state index < -0.39 is 6.10 Å². The van der Waals surface area contributed by atoms with Gasteiger partial charge in [0.15, 0.2) is 6.10 Å². The van der Waals surface area contributed by atoms with Crippen LogP contribution in [-0.2, 0) is 4.79 Å². The number of carbonyl (C=O) groups excluding carboxylic acids is 1. The van der Waals surface area contributed by atoms with Gasteiger partial charge in [-0.05, 0) is 61.7 Å². The summed E-state index contributed by atoms with van der Waals surface area (Å²) in [4.78, 5) is 12.5. The highest BCUT2D eigenvalue weighted by molar-refractivity contribution is 6.31. The Morgan fingerprint density at radius 3 is 2.36 bits per heavy atom. The first-order chi connectivity index (χ1) is 11.9. The maximum atomic E-state index is 12.5. The number of ether oxygens (including phenoxy) is 2. The number of rotatable bonds is 7. The van der Waals surface area contributed by atoms with Gasteiger partial charge in [-0.3, -0.25) is 4.79 Å². The molecule has 0 heterocycles. The summed E-state index contributed by atoms with van der Waals surface area (Å²) in [5.41, 5.74) is 1.95. The molecule has 0 fully saturated rings. The van der Waals surface area contributed by atoms with Crippen molar-refractivity contribution >= 4 is 17.5 Å². The van der Waals surface area contributed by atoms with E-state index in [0.29, 0.717) is 10.8 Å². The predicted octanol–water partition coefficient (Wildman–Crippen LogP) is 4.69. The number of amides is 1. The van der Waals surface area contributed by atoms with Crippen LogP contribution in [0.25, 0.3) is 0 Å². The Hall–Kier alpha value is -2.20. The fourth-order valence-corrected chi connectivity index (χ4v) is 2.61. The summed E-state index contributed by atoms with van der Waals surface area (Å²) in [6, 6.07) is 13.0. The number of aryl methyl sites for hydroxylation is 1. The van der Waals surface area contributed by atoms with Crippen LogP contribution in [0.3, 0.4) is 0 Å². The summed E-state index contributed by atoms with van der Waals surface area (Å²) in [5, 5.41) is 3.71. The molecule has 2 atom stereocenters. The molecule has 4 nitrogen and oxygen atoms in total. The highest BCUT2D eigenvalue weighted by Crippen LogP contribution is 2.23. The van der Waals surface area contributed by atoms with E-state index in [0.717, 1.165) is 23.3 Å². The van der Waals surface area contributed by atoms with Crippen molar-refractivity contribution < 1.29 is 14.3 Å². The first-order valence-electron chi connectivity index (χ1n) is 8.31. The highest BCUT2D eigenvalue weighted by atomic mass is 35.5. The van der Waals surface area contributed by atoms with Crippen LogP contribution in [-0.4, -0.2) is 19.1 Å². The zero-order valence-electron chi connectivity index (χ0n) is 15.0. The average molecular weight is 362 g/mol. The summed E-state index contributed by atoms with van der Waals surface area (Å²) in [6.07, 6.45) is 0.179. The molecule has 2 aromatic rings. The molecular formula is C20H24ClNO3. The van der Waals surface area contributed by atoms with Gasteiger partial charge in [-0.1, -0.05) is 30.7 Å². The lowest BCUT2D eigenvalue weighted by Gasteiger charge is -2.21. The maximum Gasteiger partial charge on any atom is 0.261 e. The molecule has 0 saturated carbocycles. The van der Waals surface area contributed by atoms with Gasteiger partial charge < -0.3 is 14.8 Å². The second-order valence-corrected chi connectivity index (χ2v) is 6.32. The summed E-state index contributed by atoms with van der Waals surface area (Å²) in [5.74, 6) is 1.26. The summed E-state index contributed by atoms with van der Waals surface area (Å²) < 4.78 is 10.9. The molecule has 0 aromatic heterocycles. The standard InChI is InChI=1S/C20H24ClNO3/c1-5-19(15-6-8-16(24-4)9-7-15)22-20(23)14(3)25-17-10-11-18(21)13(2)12-17/h6-12,14,19H,5H2,1-4H3,(H,22,23)/t14-,19+/m1/s1. The van der Waals surface area contributed by atoms with Gasteiger partial charge in [0.25, 0.3) is 5.91 Å². The molecule has 0 spiro atoms. The lowest BCUT2D eigenvalue weighted by Crippen LogP contribution is -2.38. The van der Waals surface area contributed by atoms with Crippen LogP contribution in [0.2, 0.25) is 5.02 Å². The third-order valence-electron chi connectivity index (χ3n) is 4.05. The molecule has 1 N–H and O–H groups in total. The van der Waals surface area contributed by atoms with Crippen LogP contribution in [0.4, 0.5) is 0 Å². The second-order valence-electron chi connectivity index (χ2n) is 5.91. The Morgan fingerprint density at radius 2 is 1.80 bits per heavy atom. The fourth-order valence-electron chi connectivity index (χ4n) is 2.49. The summed E-state index contributed by atoms with van der Waals surface area (Å²) in [7, 11) is 1.63. The molecular weight excluding hydrogens is 338 g/mol. The molecule has 0 bridgehead atoms. The monoisotopic (exact) mass is 361 g/mol. The Kier molecular flexibility index (Phi) is 6.71. The molecule has 134 valence electrons. The van der Waals surface area contributed by atoms with Crippen molar-refractivity contribution in [2.75, 3.05) is 7.11 Å². The molecule has 0 aliphatic heterocycles. The minimum Gasteiger partial charge on any atom is -0.497 e. The summed E-state index contributed by atoms with van der Waals surface area (Å²) >= 11 is 6.01. The third kappa shape index (κ3) is 5.13. The Labute approximate surface area is 154 Å². The number of methoxy groups -OCH3 is 1. The van der Waals surface area contributed by atoms with Crippen molar-refractivity contribution in [2.45, 2.75) is 39.3 Å². The van der Waals surface area contributed by atoms with Crippen LogP contribution in [0.1, 0.15) is 37.4 Å². The van der Waals surface area contributed by atoms with E-state index >= 15 is 0 Å². The van der Waals surface area contributed by atoms with Gasteiger partial charge >= 0.3 is 0 Å². The lowest BCUT2D eigenvalue weighted by molar-refractivity contribution is -0.128. The van der Waals surface area contributed by atoms with E-state index in [1.165, 1.54) is 0 Å². The largest absolute Gasteiger partial charge is 0.497 e. The first kappa shape index (κ1) is 19.1. The fraction of sp³-hybridized carbons (Fsp3) is 0.350. The maximum absolute atomic E-state index is 12.5. The van der Waals surface area contributed by atoms with Crippen molar-refractivity contribution in [3.63, 3.8) is 0 Å². The zero-order chi connectivity index (χ0) is 18.4. The number of carbonyl (C=O) groups is 1. The normalized spacial score (nSPS) is 13.0. The lowest BCUT2D eigenvalue weighted by atomic mass is 10.0. The number of nitrogens with one attached hydrogen (secondary N) is 1. The van der Waals surface area contributed by atoms with Gasteiger partial charge in [0.05, 0.1) is 13.2 Å². The van der Waals surface area contributed by atoms with E-state index in [1.54, 1.807) is 26.2 Å². The van der Waals surface area contributed by atoms with E-state index in [9.17, 15) is 4.79 Å². The molecule has 2 aromatic carbocycles. The minimum absolute atomic E-state index is 0.0728. The molecule has 0 aliphatic carbocycles. The Morgan fingerprint density at radius 1 is 1.16 bits per heavy atom. The molecule has 25 heavy (non-hydrogen) atoms. The average Bonchev–Trinajstić information content (AvgIpc) is 2.62. The van der Waals surface area contributed by atoms with Gasteiger partial charge in [-0.15, -0.1) is 0 Å². The van der Waals surface area contributed by atoms with Gasteiger partial charge in [0.2, 0.25) is 0 Å². The smallest absolute Gasteiger partial charge is 0.261 e. The summed E-state index contributed by atoms with van der Waals surface area (Å²) in [6.45, 7) is 5.67. The van der Waals surface area contributed by atoms with Crippen LogP contribution in [0.5, 0.6) is 11.5 Å². The van der Waals surface area contributed by atoms with Crippen LogP contribution in [0.15, 0.2) is 42.5 Å². The van der Waals surface area contributed by atoms with Crippen molar-refractivity contribution in [3.8, 4) is 11.5 Å². The van der Waals surface area contributed by atoms with Gasteiger partial charge in [0.1, 0.15) is 11.5 Å². The van der Waals surface area contributed by atoms with Gasteiger partial charge in [-0.2, -0.15) is 0 Å². The first-order valence-corrected chi connectivity index (χ1v) is 8.69. The van der Waals surface area contributed by atoms with E-state index in [-0.39, 0.29) is 11.9 Å². The van der Waals surface area contributed by atoms with E-state index in [2.05, 4.69) is 5.32 Å². The highest BCUT2D eigenvalue weighted by Gasteiger charge is 2.19. The Balaban J connectivity index is 2.01. The molecule has 0 saturated heterocycles. The number of hydrogen-bond acceptors (Lipinski definition) is 3.